The van der Waals surface area contributed by atoms with E-state index in [1.165, 1.54) is 6.26 Å². The van der Waals surface area contributed by atoms with Crippen LogP contribution in [0, 0.1) is 0 Å². The van der Waals surface area contributed by atoms with Crippen molar-refractivity contribution in [2.75, 3.05) is 0 Å². The van der Waals surface area contributed by atoms with Crippen LogP contribution in [0.15, 0.2) is 33.7 Å². The fourth-order valence-corrected chi connectivity index (χ4v) is 1.77. The zero-order chi connectivity index (χ0) is 10.1. The van der Waals surface area contributed by atoms with Crippen molar-refractivity contribution < 1.29 is 9.52 Å². The van der Waals surface area contributed by atoms with Crippen molar-refractivity contribution >= 4 is 15.9 Å². The highest BCUT2D eigenvalue weighted by Gasteiger charge is 2.18. The second kappa shape index (κ2) is 3.59. The molecule has 0 bridgehead atoms. The Morgan fingerprint density at radius 2 is 2.36 bits per heavy atom. The number of aromatic nitrogens is 2. The van der Waals surface area contributed by atoms with Gasteiger partial charge in [0.25, 0.3) is 0 Å². The maximum absolute atomic E-state index is 9.98. The Bertz CT molecular complexity index is 395. The number of rotatable bonds is 2. The molecule has 0 amide bonds. The molecule has 14 heavy (non-hydrogen) atoms. The van der Waals surface area contributed by atoms with Crippen LogP contribution in [0.2, 0.25) is 0 Å². The molecule has 0 fully saturated rings. The minimum Gasteiger partial charge on any atom is -0.457 e. The van der Waals surface area contributed by atoms with E-state index in [9.17, 15) is 5.11 Å². The molecule has 0 aliphatic rings. The van der Waals surface area contributed by atoms with Crippen molar-refractivity contribution in [1.29, 1.82) is 0 Å². The first-order chi connectivity index (χ1) is 6.70. The average Bonchev–Trinajstić information content (AvgIpc) is 2.73. The first kappa shape index (κ1) is 9.48. The highest BCUT2D eigenvalue weighted by molar-refractivity contribution is 9.10. The summed E-state index contributed by atoms with van der Waals surface area (Å²) in [5.41, 5.74) is 1.43. The quantitative estimate of drug-likeness (QED) is 0.893. The number of aryl methyl sites for hydroxylation is 1. The Kier molecular flexibility index (Phi) is 2.43. The van der Waals surface area contributed by atoms with Gasteiger partial charge < -0.3 is 9.52 Å². The molecule has 1 atom stereocenters. The van der Waals surface area contributed by atoms with Gasteiger partial charge in [0.1, 0.15) is 6.10 Å². The summed E-state index contributed by atoms with van der Waals surface area (Å²) < 4.78 is 7.23. The van der Waals surface area contributed by atoms with Crippen molar-refractivity contribution in [2.24, 2.45) is 7.05 Å². The Hall–Kier alpha value is -1.07. The summed E-state index contributed by atoms with van der Waals surface area (Å²) in [6.07, 6.45) is 2.46. The van der Waals surface area contributed by atoms with E-state index < -0.39 is 6.10 Å². The molecule has 2 heterocycles. The lowest BCUT2D eigenvalue weighted by Crippen LogP contribution is -2.06. The molecule has 1 unspecified atom stereocenters. The minimum atomic E-state index is -0.712. The molecule has 2 aromatic rings. The van der Waals surface area contributed by atoms with Crippen molar-refractivity contribution in [2.45, 2.75) is 6.10 Å². The second-order valence-corrected chi connectivity index (χ2v) is 3.65. The Morgan fingerprint density at radius 1 is 1.57 bits per heavy atom. The molecule has 0 aliphatic carbocycles. The molecule has 1 N–H and O–H groups in total. The van der Waals surface area contributed by atoms with E-state index in [0.29, 0.717) is 10.2 Å². The lowest BCUT2D eigenvalue weighted by Gasteiger charge is -2.08. The van der Waals surface area contributed by atoms with Gasteiger partial charge in [-0.3, -0.25) is 4.68 Å². The van der Waals surface area contributed by atoms with Crippen LogP contribution < -0.4 is 0 Å². The van der Waals surface area contributed by atoms with Crippen LogP contribution in [0.1, 0.15) is 17.4 Å². The van der Waals surface area contributed by atoms with E-state index in [0.717, 1.165) is 5.69 Å². The monoisotopic (exact) mass is 256 g/mol. The number of hydrogen-bond acceptors (Lipinski definition) is 3. The lowest BCUT2D eigenvalue weighted by molar-refractivity contribution is 0.207. The summed E-state index contributed by atoms with van der Waals surface area (Å²) in [6, 6.07) is 3.49. The normalized spacial score (nSPS) is 13.1. The third kappa shape index (κ3) is 1.49. The van der Waals surface area contributed by atoms with E-state index in [2.05, 4.69) is 21.0 Å². The van der Waals surface area contributed by atoms with Crippen molar-refractivity contribution in [3.63, 3.8) is 0 Å². The lowest BCUT2D eigenvalue weighted by atomic mass is 10.1. The van der Waals surface area contributed by atoms with Gasteiger partial charge in [0.05, 0.1) is 12.0 Å². The van der Waals surface area contributed by atoms with Gasteiger partial charge >= 0.3 is 0 Å². The number of nitrogens with zero attached hydrogens (tertiary/aromatic N) is 2. The summed E-state index contributed by atoms with van der Waals surface area (Å²) >= 11 is 3.22. The molecule has 2 rings (SSSR count). The number of hydrogen-bond donors (Lipinski definition) is 1. The summed E-state index contributed by atoms with van der Waals surface area (Å²) in [6.45, 7) is 0. The highest BCUT2D eigenvalue weighted by Crippen LogP contribution is 2.28. The fourth-order valence-electron chi connectivity index (χ4n) is 1.31. The van der Waals surface area contributed by atoms with Crippen LogP contribution in [-0.4, -0.2) is 14.9 Å². The largest absolute Gasteiger partial charge is 0.457 e. The second-order valence-electron chi connectivity index (χ2n) is 2.93. The smallest absolute Gasteiger partial charge is 0.175 e. The topological polar surface area (TPSA) is 51.2 Å². The van der Waals surface area contributed by atoms with Gasteiger partial charge in [0, 0.05) is 18.8 Å². The maximum atomic E-state index is 9.98. The molecule has 0 saturated carbocycles. The standard InChI is InChI=1S/C9H9BrN2O2/c1-12-7(2-4-11-12)8(13)6-3-5-14-9(6)10/h2-5,8,13H,1H3. The van der Waals surface area contributed by atoms with Crippen molar-refractivity contribution in [3.05, 3.63) is 40.5 Å². The zero-order valence-electron chi connectivity index (χ0n) is 7.51. The predicted octanol–water partition coefficient (Wildman–Crippen LogP) is 1.86. The molecule has 0 spiro atoms. The summed E-state index contributed by atoms with van der Waals surface area (Å²) in [5, 5.41) is 14.0. The van der Waals surface area contributed by atoms with Crippen LogP contribution in [0.4, 0.5) is 0 Å². The third-order valence-electron chi connectivity index (χ3n) is 2.08. The molecule has 0 saturated heterocycles. The van der Waals surface area contributed by atoms with Gasteiger partial charge in [-0.2, -0.15) is 5.10 Å². The van der Waals surface area contributed by atoms with Gasteiger partial charge in [0.15, 0.2) is 4.67 Å². The van der Waals surface area contributed by atoms with Gasteiger partial charge in [-0.1, -0.05) is 0 Å². The first-order valence-electron chi connectivity index (χ1n) is 4.09. The number of aliphatic hydroxyl groups excluding tert-OH is 1. The first-order valence-corrected chi connectivity index (χ1v) is 4.88. The van der Waals surface area contributed by atoms with E-state index in [4.69, 9.17) is 4.42 Å². The summed E-state index contributed by atoms with van der Waals surface area (Å²) in [5.74, 6) is 0. The maximum Gasteiger partial charge on any atom is 0.175 e. The van der Waals surface area contributed by atoms with Gasteiger partial charge in [0.2, 0.25) is 0 Å². The zero-order valence-corrected chi connectivity index (χ0v) is 9.10. The van der Waals surface area contributed by atoms with Crippen LogP contribution >= 0.6 is 15.9 Å². The van der Waals surface area contributed by atoms with Crippen LogP contribution in [0.3, 0.4) is 0 Å². The number of aliphatic hydroxyl groups is 1. The van der Waals surface area contributed by atoms with Gasteiger partial charge in [-0.05, 0) is 28.1 Å². The van der Waals surface area contributed by atoms with Crippen LogP contribution in [-0.2, 0) is 7.05 Å². The van der Waals surface area contributed by atoms with E-state index in [1.54, 1.807) is 30.1 Å². The summed E-state index contributed by atoms with van der Waals surface area (Å²) in [7, 11) is 1.78. The summed E-state index contributed by atoms with van der Waals surface area (Å²) in [4.78, 5) is 0. The molecule has 0 aromatic carbocycles. The molecule has 4 nitrogen and oxygen atoms in total. The Balaban J connectivity index is 2.38. The molecule has 0 aliphatic heterocycles. The van der Waals surface area contributed by atoms with Gasteiger partial charge in [-0.25, -0.2) is 0 Å². The molecule has 74 valence electrons. The molecular weight excluding hydrogens is 248 g/mol. The minimum absolute atomic E-state index is 0.547. The molecule has 0 radical (unpaired) electrons. The predicted molar refractivity (Wildman–Crippen MR) is 53.7 cm³/mol. The van der Waals surface area contributed by atoms with Crippen LogP contribution in [0.25, 0.3) is 0 Å². The molecular formula is C9H9BrN2O2. The van der Waals surface area contributed by atoms with Crippen molar-refractivity contribution in [1.82, 2.24) is 9.78 Å². The Labute approximate surface area is 89.3 Å². The van der Waals surface area contributed by atoms with E-state index in [1.807, 2.05) is 0 Å². The number of halogens is 1. The third-order valence-corrected chi connectivity index (χ3v) is 2.72. The fraction of sp³-hybridized carbons (Fsp3) is 0.222. The molecule has 5 heteroatoms. The Morgan fingerprint density at radius 3 is 2.86 bits per heavy atom. The molecule has 2 aromatic heterocycles. The van der Waals surface area contributed by atoms with Crippen molar-refractivity contribution in [3.8, 4) is 0 Å². The van der Waals surface area contributed by atoms with Gasteiger partial charge in [-0.15, -0.1) is 0 Å². The SMILES string of the molecule is Cn1nccc1C(O)c1ccoc1Br. The number of furan rings is 1. The van der Waals surface area contributed by atoms with Crippen LogP contribution in [0.5, 0.6) is 0 Å². The highest BCUT2D eigenvalue weighted by atomic mass is 79.9. The average molecular weight is 257 g/mol. The van der Waals surface area contributed by atoms with E-state index in [-0.39, 0.29) is 0 Å². The van der Waals surface area contributed by atoms with E-state index >= 15 is 0 Å².